The van der Waals surface area contributed by atoms with Crippen molar-refractivity contribution >= 4 is 21.8 Å². The number of fused-ring (bicyclic) bond motifs is 1. The topological polar surface area (TPSA) is 50.2 Å². The molecule has 1 N–H and O–H groups in total. The Balaban J connectivity index is 1.51. The quantitative estimate of drug-likeness (QED) is 0.856. The van der Waals surface area contributed by atoms with Crippen molar-refractivity contribution in [3.63, 3.8) is 0 Å². The summed E-state index contributed by atoms with van der Waals surface area (Å²) in [6.07, 6.45) is 6.48. The third-order valence-corrected chi connectivity index (χ3v) is 5.97. The fourth-order valence-electron chi connectivity index (χ4n) is 4.16. The highest BCUT2D eigenvalue weighted by Gasteiger charge is 2.36. The summed E-state index contributed by atoms with van der Waals surface area (Å²) in [5.41, 5.74) is 2.48. The van der Waals surface area contributed by atoms with Crippen LogP contribution in [0.15, 0.2) is 34.9 Å². The second kappa shape index (κ2) is 6.92. The number of piperidine rings is 1. The van der Waals surface area contributed by atoms with E-state index in [2.05, 4.69) is 31.2 Å². The van der Waals surface area contributed by atoms with Crippen LogP contribution in [0.25, 0.3) is 5.69 Å². The summed E-state index contributed by atoms with van der Waals surface area (Å²) in [5.74, 6) is -0.00355. The number of hydrogen-bond acceptors (Lipinski definition) is 3. The zero-order valence-corrected chi connectivity index (χ0v) is 16.0. The van der Waals surface area contributed by atoms with Gasteiger partial charge in [0.2, 0.25) is 0 Å². The first-order chi connectivity index (χ1) is 12.1. The van der Waals surface area contributed by atoms with Gasteiger partial charge in [-0.05, 0) is 50.9 Å². The van der Waals surface area contributed by atoms with E-state index in [-0.39, 0.29) is 11.9 Å². The van der Waals surface area contributed by atoms with Crippen LogP contribution >= 0.6 is 15.9 Å². The highest BCUT2D eigenvalue weighted by atomic mass is 79.9. The standard InChI is InChI=1S/C19H23BrN4O/c1-13-16(12-21-24(13)15-6-4-5-14(20)11-15)19(25)22-17-8-10-23-9-3-2-7-18(17)23/h4-6,11-12,17-18H,2-3,7-10H2,1H3,(H,22,25). The summed E-state index contributed by atoms with van der Waals surface area (Å²) in [7, 11) is 0. The van der Waals surface area contributed by atoms with Crippen LogP contribution in [0.1, 0.15) is 41.7 Å². The Bertz CT molecular complexity index is 787. The summed E-state index contributed by atoms with van der Waals surface area (Å²) in [5, 5.41) is 7.70. The lowest BCUT2D eigenvalue weighted by Crippen LogP contribution is -2.46. The van der Waals surface area contributed by atoms with Crippen molar-refractivity contribution in [1.82, 2.24) is 20.0 Å². The average Bonchev–Trinajstić information content (AvgIpc) is 3.19. The van der Waals surface area contributed by atoms with Gasteiger partial charge in [-0.1, -0.05) is 28.4 Å². The molecular weight excluding hydrogens is 380 g/mol. The maximum absolute atomic E-state index is 12.8. The molecule has 2 unspecified atom stereocenters. The van der Waals surface area contributed by atoms with E-state index in [4.69, 9.17) is 0 Å². The average molecular weight is 403 g/mol. The second-order valence-corrected chi connectivity index (χ2v) is 7.92. The largest absolute Gasteiger partial charge is 0.348 e. The van der Waals surface area contributed by atoms with Crippen molar-refractivity contribution in [2.45, 2.75) is 44.7 Å². The number of nitrogens with zero attached hydrogens (tertiary/aromatic N) is 3. The first-order valence-electron chi connectivity index (χ1n) is 8.99. The zero-order valence-electron chi connectivity index (χ0n) is 14.4. The third kappa shape index (κ3) is 3.25. The molecule has 0 spiro atoms. The van der Waals surface area contributed by atoms with Gasteiger partial charge in [-0.3, -0.25) is 9.69 Å². The predicted octanol–water partition coefficient (Wildman–Crippen LogP) is 3.30. The second-order valence-electron chi connectivity index (χ2n) is 7.00. The Labute approximate surface area is 156 Å². The Morgan fingerprint density at radius 1 is 1.28 bits per heavy atom. The van der Waals surface area contributed by atoms with Crippen molar-refractivity contribution in [2.24, 2.45) is 0 Å². The van der Waals surface area contributed by atoms with Crippen molar-refractivity contribution in [2.75, 3.05) is 13.1 Å². The van der Waals surface area contributed by atoms with Crippen LogP contribution in [0.3, 0.4) is 0 Å². The van der Waals surface area contributed by atoms with Gasteiger partial charge in [0.05, 0.1) is 23.1 Å². The lowest BCUT2D eigenvalue weighted by Gasteiger charge is -2.32. The van der Waals surface area contributed by atoms with E-state index >= 15 is 0 Å². The van der Waals surface area contributed by atoms with E-state index in [9.17, 15) is 4.79 Å². The lowest BCUT2D eigenvalue weighted by atomic mass is 9.99. The van der Waals surface area contributed by atoms with Crippen molar-refractivity contribution in [3.8, 4) is 5.69 Å². The molecule has 25 heavy (non-hydrogen) atoms. The molecule has 2 atom stereocenters. The fraction of sp³-hybridized carbons (Fsp3) is 0.474. The maximum Gasteiger partial charge on any atom is 0.255 e. The summed E-state index contributed by atoms with van der Waals surface area (Å²) in [6, 6.07) is 8.71. The van der Waals surface area contributed by atoms with Crippen LogP contribution in [-0.4, -0.2) is 45.8 Å². The summed E-state index contributed by atoms with van der Waals surface area (Å²) in [4.78, 5) is 15.3. The Morgan fingerprint density at radius 2 is 2.16 bits per heavy atom. The van der Waals surface area contributed by atoms with Gasteiger partial charge in [-0.15, -0.1) is 0 Å². The molecule has 2 saturated heterocycles. The molecule has 1 aromatic heterocycles. The number of rotatable bonds is 3. The molecule has 2 aliphatic rings. The third-order valence-electron chi connectivity index (χ3n) is 5.48. The van der Waals surface area contributed by atoms with Crippen molar-refractivity contribution in [1.29, 1.82) is 0 Å². The van der Waals surface area contributed by atoms with E-state index < -0.39 is 0 Å². The van der Waals surface area contributed by atoms with Gasteiger partial charge < -0.3 is 5.32 Å². The molecule has 1 amide bonds. The van der Waals surface area contributed by atoms with Crippen LogP contribution in [0, 0.1) is 6.92 Å². The van der Waals surface area contributed by atoms with Crippen LogP contribution in [-0.2, 0) is 0 Å². The van der Waals surface area contributed by atoms with Crippen LogP contribution in [0.2, 0.25) is 0 Å². The van der Waals surface area contributed by atoms with Gasteiger partial charge in [-0.2, -0.15) is 5.10 Å². The van der Waals surface area contributed by atoms with Crippen molar-refractivity contribution < 1.29 is 4.79 Å². The highest BCUT2D eigenvalue weighted by Crippen LogP contribution is 2.27. The van der Waals surface area contributed by atoms with Crippen LogP contribution in [0.5, 0.6) is 0 Å². The molecule has 6 heteroatoms. The van der Waals surface area contributed by atoms with E-state index in [0.717, 1.165) is 28.8 Å². The Kier molecular flexibility index (Phi) is 4.65. The number of aromatic nitrogens is 2. The van der Waals surface area contributed by atoms with Crippen molar-refractivity contribution in [3.05, 3.63) is 46.2 Å². The molecule has 2 aromatic rings. The monoisotopic (exact) mass is 402 g/mol. The van der Waals surface area contributed by atoms with Gasteiger partial charge in [0.25, 0.3) is 5.91 Å². The number of benzene rings is 1. The van der Waals surface area contributed by atoms with Gasteiger partial charge in [0.1, 0.15) is 0 Å². The zero-order chi connectivity index (χ0) is 17.4. The number of hydrogen-bond donors (Lipinski definition) is 1. The molecule has 4 rings (SSSR count). The number of halogens is 1. The molecule has 3 heterocycles. The van der Waals surface area contributed by atoms with E-state index in [1.54, 1.807) is 6.20 Å². The fourth-order valence-corrected chi connectivity index (χ4v) is 4.55. The number of amides is 1. The summed E-state index contributed by atoms with van der Waals surface area (Å²) >= 11 is 3.49. The molecule has 0 bridgehead atoms. The summed E-state index contributed by atoms with van der Waals surface area (Å²) < 4.78 is 2.82. The Hall–Kier alpha value is -1.66. The van der Waals surface area contributed by atoms with Crippen LogP contribution < -0.4 is 5.32 Å². The minimum Gasteiger partial charge on any atom is -0.348 e. The molecular formula is C19H23BrN4O. The molecule has 2 aliphatic heterocycles. The molecule has 0 aliphatic carbocycles. The predicted molar refractivity (Wildman–Crippen MR) is 101 cm³/mol. The van der Waals surface area contributed by atoms with E-state index in [1.165, 1.54) is 25.8 Å². The minimum atomic E-state index is -0.00355. The van der Waals surface area contributed by atoms with Gasteiger partial charge in [0, 0.05) is 23.1 Å². The maximum atomic E-state index is 12.8. The molecule has 0 saturated carbocycles. The molecule has 2 fully saturated rings. The van der Waals surface area contributed by atoms with E-state index in [1.807, 2.05) is 35.9 Å². The van der Waals surface area contributed by atoms with E-state index in [0.29, 0.717) is 11.6 Å². The number of nitrogens with one attached hydrogen (secondary N) is 1. The highest BCUT2D eigenvalue weighted by molar-refractivity contribution is 9.10. The molecule has 132 valence electrons. The van der Waals surface area contributed by atoms with Gasteiger partial charge >= 0.3 is 0 Å². The minimum absolute atomic E-state index is 0.00355. The van der Waals surface area contributed by atoms with Gasteiger partial charge in [-0.25, -0.2) is 4.68 Å². The van der Waals surface area contributed by atoms with Gasteiger partial charge in [0.15, 0.2) is 0 Å². The SMILES string of the molecule is Cc1c(C(=O)NC2CCN3CCCCC23)cnn1-c1cccc(Br)c1. The molecule has 5 nitrogen and oxygen atoms in total. The number of carbonyl (C=O) groups excluding carboxylic acids is 1. The number of carbonyl (C=O) groups is 1. The molecule has 0 radical (unpaired) electrons. The Morgan fingerprint density at radius 3 is 3.00 bits per heavy atom. The first-order valence-corrected chi connectivity index (χ1v) is 9.78. The smallest absolute Gasteiger partial charge is 0.255 e. The lowest BCUT2D eigenvalue weighted by molar-refractivity contribution is 0.0914. The molecule has 1 aromatic carbocycles. The normalized spacial score (nSPS) is 23.4. The first kappa shape index (κ1) is 16.8. The van der Waals surface area contributed by atoms with Crippen LogP contribution in [0.4, 0.5) is 0 Å². The summed E-state index contributed by atoms with van der Waals surface area (Å²) in [6.45, 7) is 4.23.